The Morgan fingerprint density at radius 3 is 2.50 bits per heavy atom. The summed E-state index contributed by atoms with van der Waals surface area (Å²) in [7, 11) is -2.04. The summed E-state index contributed by atoms with van der Waals surface area (Å²) < 4.78 is 32.2. The van der Waals surface area contributed by atoms with Crippen LogP contribution in [0.5, 0.6) is 5.75 Å². The molecule has 0 aromatic heterocycles. The molecule has 0 bridgehead atoms. The van der Waals surface area contributed by atoms with Gasteiger partial charge in [0.2, 0.25) is 0 Å². The van der Waals surface area contributed by atoms with Crippen molar-refractivity contribution in [3.8, 4) is 5.75 Å². The molecule has 24 heavy (non-hydrogen) atoms. The van der Waals surface area contributed by atoms with Gasteiger partial charge in [-0.2, -0.15) is 0 Å². The maximum Gasteiger partial charge on any atom is 0.265 e. The Labute approximate surface area is 146 Å². The average molecular weight is 362 g/mol. The lowest BCUT2D eigenvalue weighted by atomic mass is 10.2. The SMILES string of the molecule is COc1ccc(S(=O)(=O)N2CCN=C2SCc2ccccc2)cc1. The molecule has 1 aliphatic heterocycles. The lowest BCUT2D eigenvalue weighted by Gasteiger charge is -2.20. The predicted molar refractivity (Wildman–Crippen MR) is 96.9 cm³/mol. The molecule has 0 N–H and O–H groups in total. The van der Waals surface area contributed by atoms with E-state index in [0.717, 1.165) is 5.56 Å². The molecule has 0 unspecified atom stereocenters. The van der Waals surface area contributed by atoms with Crippen molar-refractivity contribution in [3.05, 3.63) is 60.2 Å². The van der Waals surface area contributed by atoms with E-state index in [1.54, 1.807) is 31.4 Å². The highest BCUT2D eigenvalue weighted by atomic mass is 32.2. The van der Waals surface area contributed by atoms with Gasteiger partial charge >= 0.3 is 0 Å². The summed E-state index contributed by atoms with van der Waals surface area (Å²) >= 11 is 1.45. The van der Waals surface area contributed by atoms with Crippen LogP contribution in [0.4, 0.5) is 0 Å². The van der Waals surface area contributed by atoms with Crippen LogP contribution in [0.2, 0.25) is 0 Å². The Bertz CT molecular complexity index is 819. The second kappa shape index (κ2) is 7.27. The zero-order chi connectivity index (χ0) is 17.0. The Hall–Kier alpha value is -1.99. The van der Waals surface area contributed by atoms with Gasteiger partial charge in [-0.1, -0.05) is 42.1 Å². The lowest BCUT2D eigenvalue weighted by Crippen LogP contribution is -2.32. The number of aliphatic imine (C=N–C) groups is 1. The van der Waals surface area contributed by atoms with Crippen LogP contribution >= 0.6 is 11.8 Å². The van der Waals surface area contributed by atoms with E-state index >= 15 is 0 Å². The molecule has 0 fully saturated rings. The highest BCUT2D eigenvalue weighted by Crippen LogP contribution is 2.26. The first-order valence-electron chi connectivity index (χ1n) is 7.49. The van der Waals surface area contributed by atoms with E-state index in [0.29, 0.717) is 29.8 Å². The van der Waals surface area contributed by atoms with Gasteiger partial charge in [0.1, 0.15) is 5.75 Å². The van der Waals surface area contributed by atoms with Gasteiger partial charge in [-0.3, -0.25) is 4.99 Å². The third kappa shape index (κ3) is 3.57. The Morgan fingerprint density at radius 2 is 1.83 bits per heavy atom. The second-order valence-electron chi connectivity index (χ2n) is 5.19. The highest BCUT2D eigenvalue weighted by Gasteiger charge is 2.30. The first kappa shape index (κ1) is 16.9. The quantitative estimate of drug-likeness (QED) is 0.820. The summed E-state index contributed by atoms with van der Waals surface area (Å²) in [5.41, 5.74) is 1.14. The summed E-state index contributed by atoms with van der Waals surface area (Å²) in [5.74, 6) is 1.32. The van der Waals surface area contributed by atoms with Crippen molar-refractivity contribution in [1.29, 1.82) is 0 Å². The molecule has 3 rings (SSSR count). The van der Waals surface area contributed by atoms with Gasteiger partial charge in [-0.25, -0.2) is 12.7 Å². The van der Waals surface area contributed by atoms with Gasteiger partial charge in [0.25, 0.3) is 10.0 Å². The summed E-state index contributed by atoms with van der Waals surface area (Å²) in [4.78, 5) is 4.61. The fourth-order valence-corrected chi connectivity index (χ4v) is 5.03. The standard InChI is InChI=1S/C17H18N2O3S2/c1-22-15-7-9-16(10-8-15)24(20,21)19-12-11-18-17(19)23-13-14-5-3-2-4-6-14/h2-10H,11-13H2,1H3. The van der Waals surface area contributed by atoms with Crippen LogP contribution in [0.3, 0.4) is 0 Å². The Kier molecular flexibility index (Phi) is 5.11. The summed E-state index contributed by atoms with van der Waals surface area (Å²) in [5, 5.41) is 0.551. The third-order valence-electron chi connectivity index (χ3n) is 3.62. The molecule has 7 heteroatoms. The predicted octanol–water partition coefficient (Wildman–Crippen LogP) is 2.99. The molecule has 0 spiro atoms. The number of hydrogen-bond acceptors (Lipinski definition) is 5. The number of amidine groups is 1. The summed E-state index contributed by atoms with van der Waals surface area (Å²) in [6, 6.07) is 16.4. The monoisotopic (exact) mass is 362 g/mol. The number of sulfonamides is 1. The van der Waals surface area contributed by atoms with Crippen molar-refractivity contribution in [1.82, 2.24) is 4.31 Å². The van der Waals surface area contributed by atoms with Gasteiger partial charge in [-0.15, -0.1) is 0 Å². The van der Waals surface area contributed by atoms with Gasteiger partial charge < -0.3 is 4.74 Å². The van der Waals surface area contributed by atoms with Crippen LogP contribution < -0.4 is 4.74 Å². The zero-order valence-corrected chi connectivity index (χ0v) is 14.9. The minimum absolute atomic E-state index is 0.248. The molecule has 2 aromatic carbocycles. The average Bonchev–Trinajstić information content (AvgIpc) is 3.10. The number of rotatable bonds is 5. The Morgan fingerprint density at radius 1 is 1.12 bits per heavy atom. The van der Waals surface area contributed by atoms with Crippen LogP contribution in [0.1, 0.15) is 5.56 Å². The lowest BCUT2D eigenvalue weighted by molar-refractivity contribution is 0.414. The molecule has 1 heterocycles. The Balaban J connectivity index is 1.75. The van der Waals surface area contributed by atoms with Crippen molar-refractivity contribution >= 4 is 27.0 Å². The van der Waals surface area contributed by atoms with E-state index in [1.165, 1.54) is 16.1 Å². The molecular formula is C17H18N2O3S2. The minimum Gasteiger partial charge on any atom is -0.497 e. The first-order chi connectivity index (χ1) is 11.6. The molecule has 126 valence electrons. The maximum atomic E-state index is 12.8. The number of benzene rings is 2. The van der Waals surface area contributed by atoms with Crippen molar-refractivity contribution in [2.24, 2.45) is 4.99 Å². The first-order valence-corrected chi connectivity index (χ1v) is 9.92. The number of thioether (sulfide) groups is 1. The van der Waals surface area contributed by atoms with Crippen molar-refractivity contribution in [2.75, 3.05) is 20.2 Å². The normalized spacial score (nSPS) is 14.5. The minimum atomic E-state index is -3.59. The molecule has 0 radical (unpaired) electrons. The summed E-state index contributed by atoms with van der Waals surface area (Å²) in [6.45, 7) is 0.873. The number of hydrogen-bond donors (Lipinski definition) is 0. The molecule has 0 amide bonds. The van der Waals surface area contributed by atoms with Crippen LogP contribution in [-0.2, 0) is 15.8 Å². The molecule has 0 aliphatic carbocycles. The summed E-state index contributed by atoms with van der Waals surface area (Å²) in [6.07, 6.45) is 0. The molecule has 0 atom stereocenters. The fraction of sp³-hybridized carbons (Fsp3) is 0.235. The van der Waals surface area contributed by atoms with E-state index in [-0.39, 0.29) is 4.90 Å². The zero-order valence-electron chi connectivity index (χ0n) is 13.3. The molecule has 0 saturated heterocycles. The van der Waals surface area contributed by atoms with Gasteiger partial charge in [0.05, 0.1) is 25.1 Å². The number of ether oxygens (including phenoxy) is 1. The van der Waals surface area contributed by atoms with E-state index in [9.17, 15) is 8.42 Å². The molecule has 5 nitrogen and oxygen atoms in total. The van der Waals surface area contributed by atoms with E-state index < -0.39 is 10.0 Å². The van der Waals surface area contributed by atoms with Crippen LogP contribution in [0.25, 0.3) is 0 Å². The largest absolute Gasteiger partial charge is 0.497 e. The van der Waals surface area contributed by atoms with Gasteiger partial charge in [0.15, 0.2) is 5.17 Å². The number of methoxy groups -OCH3 is 1. The van der Waals surface area contributed by atoms with Gasteiger partial charge in [-0.05, 0) is 29.8 Å². The highest BCUT2D eigenvalue weighted by molar-refractivity contribution is 8.14. The van der Waals surface area contributed by atoms with Crippen molar-refractivity contribution in [2.45, 2.75) is 10.6 Å². The molecular weight excluding hydrogens is 344 g/mol. The van der Waals surface area contributed by atoms with Crippen molar-refractivity contribution < 1.29 is 13.2 Å². The molecule has 1 aliphatic rings. The smallest absolute Gasteiger partial charge is 0.265 e. The molecule has 2 aromatic rings. The number of nitrogens with zero attached hydrogens (tertiary/aromatic N) is 2. The van der Waals surface area contributed by atoms with Crippen LogP contribution in [0, 0.1) is 0 Å². The maximum absolute atomic E-state index is 12.8. The second-order valence-corrected chi connectivity index (χ2v) is 8.00. The third-order valence-corrected chi connectivity index (χ3v) is 6.63. The topological polar surface area (TPSA) is 59.0 Å². The van der Waals surface area contributed by atoms with Crippen molar-refractivity contribution in [3.63, 3.8) is 0 Å². The van der Waals surface area contributed by atoms with Crippen LogP contribution in [-0.4, -0.2) is 38.1 Å². The van der Waals surface area contributed by atoms with E-state index in [1.807, 2.05) is 30.3 Å². The van der Waals surface area contributed by atoms with E-state index in [4.69, 9.17) is 4.74 Å². The molecule has 0 saturated carbocycles. The fourth-order valence-electron chi connectivity index (χ4n) is 2.35. The van der Waals surface area contributed by atoms with Crippen LogP contribution in [0.15, 0.2) is 64.5 Å². The van der Waals surface area contributed by atoms with E-state index in [2.05, 4.69) is 4.99 Å². The van der Waals surface area contributed by atoms with Gasteiger partial charge in [0, 0.05) is 5.75 Å².